The Morgan fingerprint density at radius 3 is 2.81 bits per heavy atom. The van der Waals surface area contributed by atoms with Crippen molar-refractivity contribution in [2.24, 2.45) is 0 Å². The van der Waals surface area contributed by atoms with Gasteiger partial charge >= 0.3 is 0 Å². The monoisotopic (exact) mass is 381 g/mol. The van der Waals surface area contributed by atoms with Gasteiger partial charge in [-0.05, 0) is 56.2 Å². The van der Waals surface area contributed by atoms with Crippen molar-refractivity contribution in [2.75, 3.05) is 13.1 Å². The van der Waals surface area contributed by atoms with Crippen LogP contribution in [0.25, 0.3) is 11.4 Å². The van der Waals surface area contributed by atoms with E-state index < -0.39 is 0 Å². The lowest BCUT2D eigenvalue weighted by Gasteiger charge is -2.31. The molecule has 3 aromatic rings. The number of hydrogen-bond acceptors (Lipinski definition) is 4. The van der Waals surface area contributed by atoms with Crippen LogP contribution < -0.4 is 0 Å². The number of likely N-dealkylation sites (tertiary alicyclic amines) is 1. The maximum atomic E-state index is 12.8. The van der Waals surface area contributed by atoms with E-state index >= 15 is 0 Å². The highest BCUT2D eigenvalue weighted by molar-refractivity contribution is 6.30. The van der Waals surface area contributed by atoms with Gasteiger partial charge in [0.1, 0.15) is 0 Å². The number of halogens is 1. The molecule has 138 valence electrons. The molecule has 2 heterocycles. The van der Waals surface area contributed by atoms with Crippen molar-refractivity contribution in [3.63, 3.8) is 0 Å². The van der Waals surface area contributed by atoms with Crippen LogP contribution in [-0.4, -0.2) is 34.0 Å². The van der Waals surface area contributed by atoms with E-state index in [9.17, 15) is 4.79 Å². The quantitative estimate of drug-likeness (QED) is 0.658. The number of carbonyl (C=O) groups excluding carboxylic acids is 1. The lowest BCUT2D eigenvalue weighted by Crippen LogP contribution is -2.39. The summed E-state index contributed by atoms with van der Waals surface area (Å²) in [5.74, 6) is 1.24. The van der Waals surface area contributed by atoms with E-state index in [1.54, 1.807) is 12.1 Å². The van der Waals surface area contributed by atoms with Gasteiger partial charge in [0.05, 0.1) is 5.92 Å². The number of rotatable bonds is 3. The Morgan fingerprint density at radius 2 is 2.04 bits per heavy atom. The molecule has 1 aromatic heterocycles. The number of aromatic nitrogens is 2. The van der Waals surface area contributed by atoms with Crippen LogP contribution >= 0.6 is 11.6 Å². The molecular formula is C21H20ClN3O2. The third-order valence-corrected chi connectivity index (χ3v) is 5.12. The summed E-state index contributed by atoms with van der Waals surface area (Å²) in [4.78, 5) is 19.3. The van der Waals surface area contributed by atoms with Crippen LogP contribution in [0.4, 0.5) is 0 Å². The van der Waals surface area contributed by atoms with Crippen molar-refractivity contribution in [3.8, 4) is 11.4 Å². The van der Waals surface area contributed by atoms with Gasteiger partial charge in [-0.1, -0.05) is 34.5 Å². The minimum Gasteiger partial charge on any atom is -0.339 e. The zero-order chi connectivity index (χ0) is 18.8. The molecule has 1 saturated heterocycles. The Hall–Kier alpha value is -2.66. The zero-order valence-corrected chi connectivity index (χ0v) is 15.8. The molecule has 0 N–H and O–H groups in total. The summed E-state index contributed by atoms with van der Waals surface area (Å²) < 4.78 is 5.51. The van der Waals surface area contributed by atoms with Crippen LogP contribution in [0.15, 0.2) is 53.1 Å². The van der Waals surface area contributed by atoms with Crippen LogP contribution in [0, 0.1) is 6.92 Å². The van der Waals surface area contributed by atoms with Crippen molar-refractivity contribution in [1.29, 1.82) is 0 Å². The molecule has 4 rings (SSSR count). The number of carbonyl (C=O) groups is 1. The third kappa shape index (κ3) is 3.88. The van der Waals surface area contributed by atoms with Gasteiger partial charge in [-0.2, -0.15) is 4.98 Å². The third-order valence-electron chi connectivity index (χ3n) is 4.87. The van der Waals surface area contributed by atoms with Gasteiger partial charge in [0.15, 0.2) is 0 Å². The fourth-order valence-corrected chi connectivity index (χ4v) is 3.57. The maximum Gasteiger partial charge on any atom is 0.253 e. The molecular weight excluding hydrogens is 362 g/mol. The van der Waals surface area contributed by atoms with Gasteiger partial charge in [0.25, 0.3) is 5.91 Å². The van der Waals surface area contributed by atoms with E-state index in [0.717, 1.165) is 36.1 Å². The van der Waals surface area contributed by atoms with E-state index in [1.807, 2.05) is 48.2 Å². The fourth-order valence-electron chi connectivity index (χ4n) is 3.44. The van der Waals surface area contributed by atoms with Crippen molar-refractivity contribution >= 4 is 17.5 Å². The number of aryl methyl sites for hydroxylation is 1. The predicted octanol–water partition coefficient (Wildman–Crippen LogP) is 4.72. The molecule has 6 heteroatoms. The summed E-state index contributed by atoms with van der Waals surface area (Å²) in [5, 5.41) is 4.77. The molecule has 0 unspecified atom stereocenters. The molecule has 1 aliphatic rings. The van der Waals surface area contributed by atoms with Gasteiger partial charge in [0.2, 0.25) is 11.7 Å². The van der Waals surface area contributed by atoms with Crippen LogP contribution in [0.3, 0.4) is 0 Å². The van der Waals surface area contributed by atoms with Crippen LogP contribution in [0.1, 0.15) is 40.6 Å². The Labute approximate surface area is 163 Å². The number of benzene rings is 2. The van der Waals surface area contributed by atoms with Gasteiger partial charge < -0.3 is 9.42 Å². The molecule has 27 heavy (non-hydrogen) atoms. The van der Waals surface area contributed by atoms with Crippen LogP contribution in [0.2, 0.25) is 5.02 Å². The summed E-state index contributed by atoms with van der Waals surface area (Å²) in [6, 6.07) is 15.0. The highest BCUT2D eigenvalue weighted by Gasteiger charge is 2.29. The molecule has 0 bridgehead atoms. The molecule has 1 aliphatic heterocycles. The average molecular weight is 382 g/mol. The number of amides is 1. The molecule has 0 radical (unpaired) electrons. The van der Waals surface area contributed by atoms with Gasteiger partial charge in [-0.15, -0.1) is 0 Å². The first-order valence-corrected chi connectivity index (χ1v) is 9.43. The van der Waals surface area contributed by atoms with E-state index in [-0.39, 0.29) is 11.8 Å². The highest BCUT2D eigenvalue weighted by Crippen LogP contribution is 2.28. The second-order valence-electron chi connectivity index (χ2n) is 6.92. The SMILES string of the molecule is Cc1cccc(C(=O)N2CCC[C@H](c3nc(-c4ccc(Cl)cc4)no3)C2)c1. The van der Waals surface area contributed by atoms with Crippen molar-refractivity contribution in [3.05, 3.63) is 70.6 Å². The first-order chi connectivity index (χ1) is 13.1. The van der Waals surface area contributed by atoms with Crippen LogP contribution in [0.5, 0.6) is 0 Å². The lowest BCUT2D eigenvalue weighted by atomic mass is 9.97. The smallest absolute Gasteiger partial charge is 0.253 e. The fraction of sp³-hybridized carbons (Fsp3) is 0.286. The molecule has 1 atom stereocenters. The largest absolute Gasteiger partial charge is 0.339 e. The van der Waals surface area contributed by atoms with E-state index in [0.29, 0.717) is 23.3 Å². The zero-order valence-electron chi connectivity index (χ0n) is 15.1. The van der Waals surface area contributed by atoms with Crippen molar-refractivity contribution in [1.82, 2.24) is 15.0 Å². The normalized spacial score (nSPS) is 17.1. The standard InChI is InChI=1S/C21H20ClN3O2/c1-14-4-2-5-16(12-14)21(26)25-11-3-6-17(13-25)20-23-19(24-27-20)15-7-9-18(22)10-8-15/h2,4-5,7-10,12,17H,3,6,11,13H2,1H3/t17-/m0/s1. The molecule has 0 saturated carbocycles. The molecule has 2 aromatic carbocycles. The Bertz CT molecular complexity index is 952. The van der Waals surface area contributed by atoms with E-state index in [4.69, 9.17) is 16.1 Å². The molecule has 0 aliphatic carbocycles. The van der Waals surface area contributed by atoms with Gasteiger partial charge in [-0.3, -0.25) is 4.79 Å². The second-order valence-corrected chi connectivity index (χ2v) is 7.36. The minimum atomic E-state index is 0.0563. The minimum absolute atomic E-state index is 0.0563. The topological polar surface area (TPSA) is 59.2 Å². The second kappa shape index (κ2) is 7.53. The Balaban J connectivity index is 1.50. The van der Waals surface area contributed by atoms with Crippen molar-refractivity contribution < 1.29 is 9.32 Å². The summed E-state index contributed by atoms with van der Waals surface area (Å²) in [6.07, 6.45) is 1.85. The molecule has 1 amide bonds. The number of nitrogens with zero attached hydrogens (tertiary/aromatic N) is 3. The molecule has 0 spiro atoms. The summed E-state index contributed by atoms with van der Waals surface area (Å²) in [5.41, 5.74) is 2.67. The maximum absolute atomic E-state index is 12.8. The molecule has 5 nitrogen and oxygen atoms in total. The number of piperidine rings is 1. The predicted molar refractivity (Wildman–Crippen MR) is 104 cm³/mol. The van der Waals surface area contributed by atoms with Crippen LogP contribution in [-0.2, 0) is 0 Å². The summed E-state index contributed by atoms with van der Waals surface area (Å²) in [6.45, 7) is 3.34. The molecule has 1 fully saturated rings. The van der Waals surface area contributed by atoms with Gasteiger partial charge in [0, 0.05) is 29.2 Å². The average Bonchev–Trinajstić information content (AvgIpc) is 3.18. The lowest BCUT2D eigenvalue weighted by molar-refractivity contribution is 0.0695. The Kier molecular flexibility index (Phi) is 4.94. The van der Waals surface area contributed by atoms with Crippen molar-refractivity contribution in [2.45, 2.75) is 25.7 Å². The van der Waals surface area contributed by atoms with Gasteiger partial charge in [-0.25, -0.2) is 0 Å². The van der Waals surface area contributed by atoms with E-state index in [1.165, 1.54) is 0 Å². The first kappa shape index (κ1) is 17.7. The number of hydrogen-bond donors (Lipinski definition) is 0. The summed E-state index contributed by atoms with van der Waals surface area (Å²) in [7, 11) is 0. The highest BCUT2D eigenvalue weighted by atomic mass is 35.5. The van der Waals surface area contributed by atoms with E-state index in [2.05, 4.69) is 10.1 Å². The first-order valence-electron chi connectivity index (χ1n) is 9.05. The summed E-state index contributed by atoms with van der Waals surface area (Å²) >= 11 is 5.93. The Morgan fingerprint density at radius 1 is 1.22 bits per heavy atom.